The summed E-state index contributed by atoms with van der Waals surface area (Å²) in [5.41, 5.74) is 5.94. The Balaban J connectivity index is 3.03. The lowest BCUT2D eigenvalue weighted by Crippen LogP contribution is -2.29. The van der Waals surface area contributed by atoms with Crippen LogP contribution < -0.4 is 10.6 Å². The third-order valence-corrected chi connectivity index (χ3v) is 2.84. The predicted molar refractivity (Wildman–Crippen MR) is 66.7 cm³/mol. The number of aliphatic hydroxyl groups excluding tert-OH is 1. The molecule has 0 aromatic carbocycles. The molecule has 0 spiro atoms. The zero-order chi connectivity index (χ0) is 13.0. The van der Waals surface area contributed by atoms with Crippen molar-refractivity contribution in [3.63, 3.8) is 0 Å². The van der Waals surface area contributed by atoms with Gasteiger partial charge in [0.1, 0.15) is 5.82 Å². The van der Waals surface area contributed by atoms with Crippen molar-refractivity contribution in [2.24, 2.45) is 11.7 Å². The average molecular weight is 237 g/mol. The normalized spacial score (nSPS) is 14.1. The molecule has 0 aliphatic carbocycles. The lowest BCUT2D eigenvalue weighted by Gasteiger charge is -2.20. The highest BCUT2D eigenvalue weighted by Crippen LogP contribution is 2.23. The van der Waals surface area contributed by atoms with Gasteiger partial charge in [0.05, 0.1) is 6.61 Å². The van der Waals surface area contributed by atoms with Crippen LogP contribution in [0.15, 0.2) is 18.2 Å². The fourth-order valence-corrected chi connectivity index (χ4v) is 1.60. The van der Waals surface area contributed by atoms with E-state index >= 15 is 0 Å². The topological polar surface area (TPSA) is 79.5 Å². The quantitative estimate of drug-likeness (QED) is 0.774. The molecule has 0 aliphatic rings. The van der Waals surface area contributed by atoms with Gasteiger partial charge in [-0.25, -0.2) is 4.98 Å². The molecule has 0 fully saturated rings. The molecule has 1 aromatic rings. The number of primary amides is 1. The Hall–Kier alpha value is -1.62. The van der Waals surface area contributed by atoms with Crippen LogP contribution >= 0.6 is 0 Å². The summed E-state index contributed by atoms with van der Waals surface area (Å²) in [4.78, 5) is 17.4. The van der Waals surface area contributed by atoms with Gasteiger partial charge in [0.2, 0.25) is 5.91 Å². The molecule has 0 saturated heterocycles. The molecule has 17 heavy (non-hydrogen) atoms. The number of pyridine rings is 1. The van der Waals surface area contributed by atoms with Crippen LogP contribution in [0.5, 0.6) is 0 Å². The largest absolute Gasteiger partial charge is 0.396 e. The molecule has 94 valence electrons. The van der Waals surface area contributed by atoms with Crippen molar-refractivity contribution in [3.05, 3.63) is 23.9 Å². The summed E-state index contributed by atoms with van der Waals surface area (Å²) in [5.74, 6) is -0.434. The number of amides is 1. The van der Waals surface area contributed by atoms with Gasteiger partial charge in [-0.1, -0.05) is 13.0 Å². The van der Waals surface area contributed by atoms with E-state index in [1.165, 1.54) is 0 Å². The molecule has 0 saturated carbocycles. The second-order valence-electron chi connectivity index (χ2n) is 4.30. The number of aliphatic hydroxyl groups is 1. The lowest BCUT2D eigenvalue weighted by molar-refractivity contribution is -0.122. The maximum absolute atomic E-state index is 11.2. The number of carbonyl (C=O) groups excluding carboxylic acids is 1. The molecule has 2 atom stereocenters. The molecular weight excluding hydrogens is 218 g/mol. The fourth-order valence-electron chi connectivity index (χ4n) is 1.60. The van der Waals surface area contributed by atoms with Crippen LogP contribution in [0.1, 0.15) is 18.5 Å². The van der Waals surface area contributed by atoms with Crippen molar-refractivity contribution >= 4 is 11.7 Å². The first kappa shape index (κ1) is 13.4. The van der Waals surface area contributed by atoms with Crippen LogP contribution in [-0.2, 0) is 4.79 Å². The highest BCUT2D eigenvalue weighted by molar-refractivity contribution is 5.77. The Morgan fingerprint density at radius 1 is 1.53 bits per heavy atom. The van der Waals surface area contributed by atoms with E-state index in [-0.39, 0.29) is 12.5 Å². The molecule has 5 nitrogen and oxygen atoms in total. The number of hydrogen-bond donors (Lipinski definition) is 2. The van der Waals surface area contributed by atoms with Crippen molar-refractivity contribution < 1.29 is 9.90 Å². The molecule has 0 bridgehead atoms. The Bertz CT molecular complexity index is 393. The van der Waals surface area contributed by atoms with Gasteiger partial charge in [0.15, 0.2) is 0 Å². The first-order valence-corrected chi connectivity index (χ1v) is 5.51. The first-order valence-electron chi connectivity index (χ1n) is 5.51. The third-order valence-electron chi connectivity index (χ3n) is 2.84. The van der Waals surface area contributed by atoms with Crippen LogP contribution in [0, 0.1) is 5.92 Å². The van der Waals surface area contributed by atoms with E-state index in [0.717, 1.165) is 5.82 Å². The third kappa shape index (κ3) is 3.17. The zero-order valence-electron chi connectivity index (χ0n) is 10.4. The molecule has 1 amide bonds. The van der Waals surface area contributed by atoms with Gasteiger partial charge >= 0.3 is 0 Å². The molecule has 3 N–H and O–H groups in total. The van der Waals surface area contributed by atoms with Gasteiger partial charge in [-0.2, -0.15) is 0 Å². The summed E-state index contributed by atoms with van der Waals surface area (Å²) in [6.45, 7) is 1.56. The molecular formula is C12H19N3O2. The average Bonchev–Trinajstić information content (AvgIpc) is 2.30. The van der Waals surface area contributed by atoms with Crippen LogP contribution in [-0.4, -0.2) is 36.7 Å². The fraction of sp³-hybridized carbons (Fsp3) is 0.500. The van der Waals surface area contributed by atoms with Gasteiger partial charge in [-0.3, -0.25) is 4.79 Å². The Morgan fingerprint density at radius 3 is 2.65 bits per heavy atom. The Morgan fingerprint density at radius 2 is 2.18 bits per heavy atom. The standard InChI is InChI=1S/C12H19N3O2/c1-8(12(13)17)9(7-16)10-5-4-6-11(14-10)15(2)3/h4-6,8-9,16H,7H2,1-3H3,(H2,13,17)/t8?,9-/m0/s1. The molecule has 0 radical (unpaired) electrons. The van der Waals surface area contributed by atoms with Gasteiger partial charge in [0, 0.05) is 31.6 Å². The molecule has 0 aliphatic heterocycles. The monoisotopic (exact) mass is 237 g/mol. The number of nitrogens with two attached hydrogens (primary N) is 1. The summed E-state index contributed by atoms with van der Waals surface area (Å²) >= 11 is 0. The molecule has 1 unspecified atom stereocenters. The summed E-state index contributed by atoms with van der Waals surface area (Å²) in [6.07, 6.45) is 0. The highest BCUT2D eigenvalue weighted by Gasteiger charge is 2.24. The van der Waals surface area contributed by atoms with Gasteiger partial charge in [-0.15, -0.1) is 0 Å². The van der Waals surface area contributed by atoms with Crippen LogP contribution in [0.4, 0.5) is 5.82 Å². The van der Waals surface area contributed by atoms with Gasteiger partial charge < -0.3 is 15.7 Å². The van der Waals surface area contributed by atoms with Crippen molar-refractivity contribution in [2.75, 3.05) is 25.6 Å². The van der Waals surface area contributed by atoms with Gasteiger partial charge in [0.25, 0.3) is 0 Å². The molecule has 1 heterocycles. The Labute approximate surface area is 101 Å². The number of nitrogens with zero attached hydrogens (tertiary/aromatic N) is 2. The van der Waals surface area contributed by atoms with Gasteiger partial charge in [-0.05, 0) is 12.1 Å². The second-order valence-corrected chi connectivity index (χ2v) is 4.30. The lowest BCUT2D eigenvalue weighted by atomic mass is 9.91. The van der Waals surface area contributed by atoms with E-state index in [4.69, 9.17) is 5.73 Å². The van der Waals surface area contributed by atoms with Crippen LogP contribution in [0.25, 0.3) is 0 Å². The maximum Gasteiger partial charge on any atom is 0.221 e. The van der Waals surface area contributed by atoms with Crippen LogP contribution in [0.2, 0.25) is 0 Å². The second kappa shape index (κ2) is 5.63. The van der Waals surface area contributed by atoms with Crippen LogP contribution in [0.3, 0.4) is 0 Å². The number of carbonyl (C=O) groups is 1. The molecule has 5 heteroatoms. The minimum Gasteiger partial charge on any atom is -0.396 e. The summed E-state index contributed by atoms with van der Waals surface area (Å²) in [6, 6.07) is 5.52. The van der Waals surface area contributed by atoms with E-state index in [2.05, 4.69) is 4.98 Å². The Kier molecular flexibility index (Phi) is 4.45. The first-order chi connectivity index (χ1) is 7.97. The summed E-state index contributed by atoms with van der Waals surface area (Å²) in [5, 5.41) is 9.37. The summed E-state index contributed by atoms with van der Waals surface area (Å²) in [7, 11) is 3.77. The predicted octanol–water partition coefficient (Wildman–Crippen LogP) is 0.345. The van der Waals surface area contributed by atoms with Crippen molar-refractivity contribution in [1.82, 2.24) is 4.98 Å². The smallest absolute Gasteiger partial charge is 0.221 e. The SMILES string of the molecule is CC(C(N)=O)[C@H](CO)c1cccc(N(C)C)n1. The van der Waals surface area contributed by atoms with E-state index in [9.17, 15) is 9.90 Å². The van der Waals surface area contributed by atoms with Crippen molar-refractivity contribution in [1.29, 1.82) is 0 Å². The van der Waals surface area contributed by atoms with E-state index in [1.807, 2.05) is 31.1 Å². The number of anilines is 1. The number of rotatable bonds is 5. The molecule has 1 rings (SSSR count). The van der Waals surface area contributed by atoms with E-state index < -0.39 is 11.8 Å². The minimum absolute atomic E-state index is 0.145. The molecule has 1 aromatic heterocycles. The van der Waals surface area contributed by atoms with E-state index in [0.29, 0.717) is 5.69 Å². The number of aromatic nitrogens is 1. The minimum atomic E-state index is -0.440. The zero-order valence-corrected chi connectivity index (χ0v) is 10.4. The van der Waals surface area contributed by atoms with Crippen molar-refractivity contribution in [2.45, 2.75) is 12.8 Å². The number of hydrogen-bond acceptors (Lipinski definition) is 4. The van der Waals surface area contributed by atoms with Crippen molar-refractivity contribution in [3.8, 4) is 0 Å². The van der Waals surface area contributed by atoms with E-state index in [1.54, 1.807) is 13.0 Å². The summed E-state index contributed by atoms with van der Waals surface area (Å²) < 4.78 is 0. The maximum atomic E-state index is 11.2. The highest BCUT2D eigenvalue weighted by atomic mass is 16.3.